The Balaban J connectivity index is 1.52. The van der Waals surface area contributed by atoms with Crippen LogP contribution >= 0.6 is 0 Å². The molecule has 1 atom stereocenters. The van der Waals surface area contributed by atoms with E-state index in [2.05, 4.69) is 10.2 Å². The van der Waals surface area contributed by atoms with Crippen LogP contribution in [0.4, 0.5) is 0 Å². The van der Waals surface area contributed by atoms with Gasteiger partial charge in [0.15, 0.2) is 0 Å². The third kappa shape index (κ3) is 3.48. The summed E-state index contributed by atoms with van der Waals surface area (Å²) in [4.78, 5) is 14.1. The minimum atomic E-state index is -0.0158. The minimum Gasteiger partial charge on any atom is -0.425 e. The topological polar surface area (TPSA) is 79.5 Å². The third-order valence-electron chi connectivity index (χ3n) is 4.90. The number of aliphatic hydroxyl groups excluding tert-OH is 1. The second-order valence-electron chi connectivity index (χ2n) is 6.43. The SMILES string of the molecule is O=C(CCc1nnc(C2CCCC2)o1)N1CCCCC1CO. The van der Waals surface area contributed by atoms with Gasteiger partial charge in [0.25, 0.3) is 0 Å². The van der Waals surface area contributed by atoms with E-state index in [0.29, 0.717) is 24.7 Å². The molecule has 2 fully saturated rings. The molecular formula is C16H25N3O3. The number of piperidine rings is 1. The Bertz CT molecular complexity index is 497. The van der Waals surface area contributed by atoms with Crippen molar-refractivity contribution in [3.8, 4) is 0 Å². The minimum absolute atomic E-state index is 0.0158. The third-order valence-corrected chi connectivity index (χ3v) is 4.90. The molecule has 1 amide bonds. The van der Waals surface area contributed by atoms with Gasteiger partial charge in [-0.15, -0.1) is 10.2 Å². The van der Waals surface area contributed by atoms with Crippen LogP contribution in [-0.4, -0.2) is 45.3 Å². The summed E-state index contributed by atoms with van der Waals surface area (Å²) in [7, 11) is 0. The molecule has 1 unspecified atom stereocenters. The van der Waals surface area contributed by atoms with E-state index in [1.807, 2.05) is 4.90 Å². The number of rotatable bonds is 5. The predicted octanol–water partition coefficient (Wildman–Crippen LogP) is 2.03. The van der Waals surface area contributed by atoms with Gasteiger partial charge in [-0.1, -0.05) is 12.8 Å². The summed E-state index contributed by atoms with van der Waals surface area (Å²) in [5.41, 5.74) is 0. The summed E-state index contributed by atoms with van der Waals surface area (Å²) in [5, 5.41) is 17.6. The van der Waals surface area contributed by atoms with Gasteiger partial charge in [-0.25, -0.2) is 0 Å². The Morgan fingerprint density at radius 2 is 1.95 bits per heavy atom. The fourth-order valence-electron chi connectivity index (χ4n) is 3.58. The van der Waals surface area contributed by atoms with Crippen LogP contribution in [0.15, 0.2) is 4.42 Å². The summed E-state index contributed by atoms with van der Waals surface area (Å²) in [6.45, 7) is 0.805. The van der Waals surface area contributed by atoms with Gasteiger partial charge in [0, 0.05) is 25.3 Å². The smallest absolute Gasteiger partial charge is 0.223 e. The molecule has 0 bridgehead atoms. The summed E-state index contributed by atoms with van der Waals surface area (Å²) in [6, 6.07) is -0.0158. The zero-order valence-corrected chi connectivity index (χ0v) is 13.0. The zero-order valence-electron chi connectivity index (χ0n) is 13.0. The molecule has 0 radical (unpaired) electrons. The fourth-order valence-corrected chi connectivity index (χ4v) is 3.58. The lowest BCUT2D eigenvalue weighted by molar-refractivity contribution is -0.136. The van der Waals surface area contributed by atoms with Crippen molar-refractivity contribution >= 4 is 5.91 Å². The van der Waals surface area contributed by atoms with E-state index < -0.39 is 0 Å². The average molecular weight is 307 g/mol. The summed E-state index contributed by atoms with van der Waals surface area (Å²) >= 11 is 0. The van der Waals surface area contributed by atoms with Crippen LogP contribution in [0.1, 0.15) is 69.1 Å². The molecule has 3 rings (SSSR count). The first-order valence-electron chi connectivity index (χ1n) is 8.50. The van der Waals surface area contributed by atoms with Crippen molar-refractivity contribution in [1.29, 1.82) is 0 Å². The number of carbonyl (C=O) groups is 1. The molecule has 1 aliphatic carbocycles. The van der Waals surface area contributed by atoms with Crippen LogP contribution in [0.2, 0.25) is 0 Å². The van der Waals surface area contributed by atoms with Gasteiger partial charge in [0.2, 0.25) is 17.7 Å². The first-order valence-corrected chi connectivity index (χ1v) is 8.50. The van der Waals surface area contributed by atoms with Crippen molar-refractivity contribution in [3.63, 3.8) is 0 Å². The van der Waals surface area contributed by atoms with E-state index in [1.165, 1.54) is 12.8 Å². The highest BCUT2D eigenvalue weighted by Crippen LogP contribution is 2.33. The van der Waals surface area contributed by atoms with E-state index in [4.69, 9.17) is 4.42 Å². The van der Waals surface area contributed by atoms with Crippen LogP contribution < -0.4 is 0 Å². The normalized spacial score (nSPS) is 23.1. The maximum absolute atomic E-state index is 12.3. The molecule has 122 valence electrons. The predicted molar refractivity (Wildman–Crippen MR) is 80.3 cm³/mol. The number of likely N-dealkylation sites (tertiary alicyclic amines) is 1. The highest BCUT2D eigenvalue weighted by molar-refractivity contribution is 5.76. The van der Waals surface area contributed by atoms with Gasteiger partial charge in [0.1, 0.15) is 0 Å². The van der Waals surface area contributed by atoms with Gasteiger partial charge in [-0.2, -0.15) is 0 Å². The molecular weight excluding hydrogens is 282 g/mol. The van der Waals surface area contributed by atoms with Gasteiger partial charge < -0.3 is 14.4 Å². The first kappa shape index (κ1) is 15.5. The van der Waals surface area contributed by atoms with Crippen molar-refractivity contribution in [3.05, 3.63) is 11.8 Å². The van der Waals surface area contributed by atoms with Crippen LogP contribution in [0, 0.1) is 0 Å². The second kappa shape index (κ2) is 7.22. The molecule has 6 nitrogen and oxygen atoms in total. The summed E-state index contributed by atoms with van der Waals surface area (Å²) in [6.07, 6.45) is 8.61. The Labute approximate surface area is 130 Å². The highest BCUT2D eigenvalue weighted by atomic mass is 16.4. The van der Waals surface area contributed by atoms with Crippen molar-refractivity contribution in [1.82, 2.24) is 15.1 Å². The largest absolute Gasteiger partial charge is 0.425 e. The van der Waals surface area contributed by atoms with Gasteiger partial charge >= 0.3 is 0 Å². The number of aryl methyl sites for hydroxylation is 1. The molecule has 2 heterocycles. The van der Waals surface area contributed by atoms with Crippen molar-refractivity contribution in [2.75, 3.05) is 13.2 Å². The number of hydrogen-bond donors (Lipinski definition) is 1. The standard InChI is InChI=1S/C16H25N3O3/c20-11-13-7-3-4-10-19(13)15(21)9-8-14-17-18-16(22-14)12-5-1-2-6-12/h12-13,20H,1-11H2. The molecule has 1 N–H and O–H groups in total. The lowest BCUT2D eigenvalue weighted by atomic mass is 10.0. The molecule has 22 heavy (non-hydrogen) atoms. The van der Waals surface area contributed by atoms with Crippen molar-refractivity contribution in [2.24, 2.45) is 0 Å². The van der Waals surface area contributed by atoms with Crippen LogP contribution in [0.3, 0.4) is 0 Å². The number of nitrogens with zero attached hydrogens (tertiary/aromatic N) is 3. The monoisotopic (exact) mass is 307 g/mol. The highest BCUT2D eigenvalue weighted by Gasteiger charge is 2.26. The molecule has 0 spiro atoms. The summed E-state index contributed by atoms with van der Waals surface area (Å²) in [5.74, 6) is 1.80. The maximum atomic E-state index is 12.3. The number of carbonyl (C=O) groups excluding carboxylic acids is 1. The Kier molecular flexibility index (Phi) is 5.08. The molecule has 6 heteroatoms. The number of amides is 1. The summed E-state index contributed by atoms with van der Waals surface area (Å²) < 4.78 is 5.72. The number of hydrogen-bond acceptors (Lipinski definition) is 5. The maximum Gasteiger partial charge on any atom is 0.223 e. The average Bonchev–Trinajstić information content (AvgIpc) is 3.23. The Morgan fingerprint density at radius 1 is 1.18 bits per heavy atom. The molecule has 1 aliphatic heterocycles. The molecule has 1 aromatic heterocycles. The van der Waals surface area contributed by atoms with Crippen LogP contribution in [0.5, 0.6) is 0 Å². The van der Waals surface area contributed by atoms with Crippen molar-refractivity contribution < 1.29 is 14.3 Å². The van der Waals surface area contributed by atoms with E-state index in [1.54, 1.807) is 0 Å². The number of aromatic nitrogens is 2. The van der Waals surface area contributed by atoms with E-state index in [-0.39, 0.29) is 18.6 Å². The lowest BCUT2D eigenvalue weighted by Crippen LogP contribution is -2.45. The molecule has 1 saturated carbocycles. The second-order valence-corrected chi connectivity index (χ2v) is 6.43. The van der Waals surface area contributed by atoms with Gasteiger partial charge in [0.05, 0.1) is 12.6 Å². The quantitative estimate of drug-likeness (QED) is 0.900. The lowest BCUT2D eigenvalue weighted by Gasteiger charge is -2.34. The van der Waals surface area contributed by atoms with Crippen LogP contribution in [0.25, 0.3) is 0 Å². The molecule has 1 aromatic rings. The molecule has 2 aliphatic rings. The van der Waals surface area contributed by atoms with Crippen molar-refractivity contribution in [2.45, 2.75) is 69.7 Å². The Hall–Kier alpha value is -1.43. The Morgan fingerprint density at radius 3 is 2.73 bits per heavy atom. The molecule has 1 saturated heterocycles. The van der Waals surface area contributed by atoms with Gasteiger partial charge in [-0.3, -0.25) is 4.79 Å². The van der Waals surface area contributed by atoms with E-state index in [9.17, 15) is 9.90 Å². The van der Waals surface area contributed by atoms with E-state index >= 15 is 0 Å². The first-order chi connectivity index (χ1) is 10.8. The zero-order chi connectivity index (χ0) is 15.4. The fraction of sp³-hybridized carbons (Fsp3) is 0.812. The number of aliphatic hydroxyl groups is 1. The van der Waals surface area contributed by atoms with E-state index in [0.717, 1.165) is 44.5 Å². The molecule has 0 aromatic carbocycles. The van der Waals surface area contributed by atoms with Crippen LogP contribution in [-0.2, 0) is 11.2 Å². The van der Waals surface area contributed by atoms with Gasteiger partial charge in [-0.05, 0) is 32.1 Å².